The molecule has 1 heterocycles. The molecule has 1 aromatic rings. The Morgan fingerprint density at radius 3 is 2.58 bits per heavy atom. The average molecular weight is 260 g/mol. The van der Waals surface area contributed by atoms with Gasteiger partial charge in [0.15, 0.2) is 0 Å². The van der Waals surface area contributed by atoms with Crippen molar-refractivity contribution < 1.29 is 0 Å². The van der Waals surface area contributed by atoms with E-state index in [1.807, 2.05) is 0 Å². The summed E-state index contributed by atoms with van der Waals surface area (Å²) in [6.07, 6.45) is 3.85. The summed E-state index contributed by atoms with van der Waals surface area (Å²) in [6.45, 7) is 10.5. The molecule has 1 aromatic carbocycles. The Morgan fingerprint density at radius 2 is 1.95 bits per heavy atom. The van der Waals surface area contributed by atoms with E-state index in [2.05, 4.69) is 55.3 Å². The molecule has 1 unspecified atom stereocenters. The van der Waals surface area contributed by atoms with Gasteiger partial charge in [0.05, 0.1) is 0 Å². The molecule has 1 aliphatic heterocycles. The molecule has 0 radical (unpaired) electrons. The van der Waals surface area contributed by atoms with Gasteiger partial charge in [-0.3, -0.25) is 0 Å². The highest BCUT2D eigenvalue weighted by atomic mass is 15.1. The largest absolute Gasteiger partial charge is 0.307 e. The normalized spacial score (nSPS) is 19.5. The smallest absolute Gasteiger partial charge is 0.0296 e. The first kappa shape index (κ1) is 14.5. The first-order chi connectivity index (χ1) is 9.20. The topological polar surface area (TPSA) is 15.3 Å². The molecule has 2 nitrogen and oxygen atoms in total. The van der Waals surface area contributed by atoms with Crippen molar-refractivity contribution >= 4 is 0 Å². The molecule has 0 bridgehead atoms. The van der Waals surface area contributed by atoms with Gasteiger partial charge in [-0.25, -0.2) is 0 Å². The van der Waals surface area contributed by atoms with E-state index in [4.69, 9.17) is 0 Å². The van der Waals surface area contributed by atoms with E-state index in [-0.39, 0.29) is 0 Å². The van der Waals surface area contributed by atoms with Crippen LogP contribution >= 0.6 is 0 Å². The van der Waals surface area contributed by atoms with Crippen molar-refractivity contribution in [1.82, 2.24) is 10.2 Å². The Bertz CT molecular complexity index is 381. The molecule has 106 valence electrons. The number of benzene rings is 1. The molecule has 0 amide bonds. The molecule has 19 heavy (non-hydrogen) atoms. The Hall–Kier alpha value is -0.860. The fourth-order valence-corrected chi connectivity index (χ4v) is 3.16. The van der Waals surface area contributed by atoms with E-state index in [1.165, 1.54) is 50.0 Å². The van der Waals surface area contributed by atoms with Gasteiger partial charge < -0.3 is 10.2 Å². The minimum atomic E-state index is 0.462. The van der Waals surface area contributed by atoms with Crippen LogP contribution in [0.25, 0.3) is 0 Å². The monoisotopic (exact) mass is 260 g/mol. The summed E-state index contributed by atoms with van der Waals surface area (Å²) in [5, 5.41) is 3.81. The van der Waals surface area contributed by atoms with Crippen molar-refractivity contribution in [3.63, 3.8) is 0 Å². The molecule has 2 heteroatoms. The van der Waals surface area contributed by atoms with E-state index in [0.29, 0.717) is 12.1 Å². The number of hydrogen-bond donors (Lipinski definition) is 1. The molecule has 0 aliphatic carbocycles. The van der Waals surface area contributed by atoms with Gasteiger partial charge >= 0.3 is 0 Å². The van der Waals surface area contributed by atoms with Gasteiger partial charge in [-0.05, 0) is 63.9 Å². The third-order valence-corrected chi connectivity index (χ3v) is 4.27. The van der Waals surface area contributed by atoms with Crippen molar-refractivity contribution in [2.75, 3.05) is 19.6 Å². The van der Waals surface area contributed by atoms with Crippen molar-refractivity contribution in [3.05, 3.63) is 35.4 Å². The van der Waals surface area contributed by atoms with Crippen LogP contribution in [0.1, 0.15) is 50.3 Å². The van der Waals surface area contributed by atoms with Crippen LogP contribution in [0.2, 0.25) is 0 Å². The number of nitrogens with zero attached hydrogens (tertiary/aromatic N) is 1. The van der Waals surface area contributed by atoms with E-state index < -0.39 is 0 Å². The third-order valence-electron chi connectivity index (χ3n) is 4.27. The molecule has 0 saturated carbocycles. The molecule has 1 N–H and O–H groups in total. The summed E-state index contributed by atoms with van der Waals surface area (Å²) in [5.41, 5.74) is 2.84. The molecule has 0 aromatic heterocycles. The predicted molar refractivity (Wildman–Crippen MR) is 82.5 cm³/mol. The Kier molecular flexibility index (Phi) is 5.41. The van der Waals surface area contributed by atoms with E-state index in [0.717, 1.165) is 0 Å². The van der Waals surface area contributed by atoms with Crippen LogP contribution in [0.5, 0.6) is 0 Å². The van der Waals surface area contributed by atoms with E-state index >= 15 is 0 Å². The van der Waals surface area contributed by atoms with Gasteiger partial charge in [-0.1, -0.05) is 31.2 Å². The lowest BCUT2D eigenvalue weighted by molar-refractivity contribution is 0.192. The highest BCUT2D eigenvalue weighted by Gasteiger charge is 2.20. The van der Waals surface area contributed by atoms with Crippen LogP contribution in [-0.4, -0.2) is 30.6 Å². The van der Waals surface area contributed by atoms with Gasteiger partial charge in [0, 0.05) is 12.1 Å². The Labute approximate surface area is 118 Å². The predicted octanol–water partition coefficient (Wildman–Crippen LogP) is 3.52. The summed E-state index contributed by atoms with van der Waals surface area (Å²) in [7, 11) is 0. The van der Waals surface area contributed by atoms with Crippen LogP contribution in [0.15, 0.2) is 24.3 Å². The molecular formula is C17H28N2. The summed E-state index contributed by atoms with van der Waals surface area (Å²) in [5.74, 6) is 0. The van der Waals surface area contributed by atoms with Crippen molar-refractivity contribution in [3.8, 4) is 0 Å². The lowest BCUT2D eigenvalue weighted by atomic mass is 9.99. The maximum atomic E-state index is 3.81. The second-order valence-corrected chi connectivity index (χ2v) is 5.86. The summed E-state index contributed by atoms with van der Waals surface area (Å²) >= 11 is 0. The molecular weight excluding hydrogens is 232 g/mol. The number of likely N-dealkylation sites (tertiary alicyclic amines) is 1. The molecule has 1 fully saturated rings. The number of hydrogen-bond acceptors (Lipinski definition) is 2. The molecule has 0 spiro atoms. The van der Waals surface area contributed by atoms with Crippen molar-refractivity contribution in [1.29, 1.82) is 0 Å². The summed E-state index contributed by atoms with van der Waals surface area (Å²) < 4.78 is 0. The van der Waals surface area contributed by atoms with Gasteiger partial charge in [0.1, 0.15) is 0 Å². The van der Waals surface area contributed by atoms with Gasteiger partial charge in [0.25, 0.3) is 0 Å². The first-order valence-corrected chi connectivity index (χ1v) is 7.74. The second kappa shape index (κ2) is 7.06. The second-order valence-electron chi connectivity index (χ2n) is 5.86. The minimum absolute atomic E-state index is 0.462. The molecule has 2 rings (SSSR count). The van der Waals surface area contributed by atoms with Crippen LogP contribution in [-0.2, 0) is 0 Å². The lowest BCUT2D eigenvalue weighted by Crippen LogP contribution is -2.43. The van der Waals surface area contributed by atoms with Gasteiger partial charge in [-0.15, -0.1) is 0 Å². The first-order valence-electron chi connectivity index (χ1n) is 7.74. The highest BCUT2D eigenvalue weighted by Crippen LogP contribution is 2.20. The van der Waals surface area contributed by atoms with Crippen molar-refractivity contribution in [2.45, 2.75) is 52.1 Å². The quantitative estimate of drug-likeness (QED) is 0.871. The van der Waals surface area contributed by atoms with Crippen LogP contribution in [0.3, 0.4) is 0 Å². The Balaban J connectivity index is 1.84. The zero-order valence-electron chi connectivity index (χ0n) is 12.7. The zero-order chi connectivity index (χ0) is 13.7. The highest BCUT2D eigenvalue weighted by molar-refractivity contribution is 5.28. The van der Waals surface area contributed by atoms with Crippen molar-refractivity contribution in [2.24, 2.45) is 0 Å². The van der Waals surface area contributed by atoms with E-state index in [9.17, 15) is 0 Å². The zero-order valence-corrected chi connectivity index (χ0v) is 12.7. The maximum Gasteiger partial charge on any atom is 0.0296 e. The van der Waals surface area contributed by atoms with Crippen LogP contribution < -0.4 is 5.32 Å². The molecule has 1 atom stereocenters. The number of aryl methyl sites for hydroxylation is 1. The van der Waals surface area contributed by atoms with E-state index in [1.54, 1.807) is 0 Å². The standard InChI is InChI=1S/C17H28N2/c1-4-11-19-12-9-16(10-13-19)18-15(3)17-8-6-5-7-14(17)2/h5-8,15-16,18H,4,9-13H2,1-3H3. The van der Waals surface area contributed by atoms with Crippen LogP contribution in [0.4, 0.5) is 0 Å². The minimum Gasteiger partial charge on any atom is -0.307 e. The lowest BCUT2D eigenvalue weighted by Gasteiger charge is -2.34. The Morgan fingerprint density at radius 1 is 1.26 bits per heavy atom. The fourth-order valence-electron chi connectivity index (χ4n) is 3.16. The number of piperidine rings is 1. The SMILES string of the molecule is CCCN1CCC(NC(C)c2ccccc2C)CC1. The molecule has 1 saturated heterocycles. The number of rotatable bonds is 5. The van der Waals surface area contributed by atoms with Crippen LogP contribution in [0, 0.1) is 6.92 Å². The number of nitrogens with one attached hydrogen (secondary N) is 1. The maximum absolute atomic E-state index is 3.81. The van der Waals surface area contributed by atoms with Gasteiger partial charge in [-0.2, -0.15) is 0 Å². The summed E-state index contributed by atoms with van der Waals surface area (Å²) in [4.78, 5) is 2.59. The third kappa shape index (κ3) is 4.05. The van der Waals surface area contributed by atoms with Gasteiger partial charge in [0.2, 0.25) is 0 Å². The summed E-state index contributed by atoms with van der Waals surface area (Å²) in [6, 6.07) is 9.86. The fraction of sp³-hybridized carbons (Fsp3) is 0.647. The molecule has 1 aliphatic rings. The average Bonchev–Trinajstić information content (AvgIpc) is 2.42.